The smallest absolute Gasteiger partial charge is 0.273 e. The van der Waals surface area contributed by atoms with Gasteiger partial charge in [0.25, 0.3) is 5.69 Å². The van der Waals surface area contributed by atoms with Crippen molar-refractivity contribution in [2.75, 3.05) is 13.1 Å². The van der Waals surface area contributed by atoms with E-state index in [4.69, 9.17) is 11.6 Å². The number of halogens is 1. The first-order chi connectivity index (χ1) is 10.1. The summed E-state index contributed by atoms with van der Waals surface area (Å²) in [6.07, 6.45) is 4.85. The third-order valence-electron chi connectivity index (χ3n) is 4.64. The minimum Gasteiger partial charge on any atom is -0.310 e. The Morgan fingerprint density at radius 1 is 1.38 bits per heavy atom. The third kappa shape index (κ3) is 3.36. The lowest BCUT2D eigenvalue weighted by Gasteiger charge is -2.35. The molecular weight excluding hydrogens is 290 g/mol. The number of nitro groups is 1. The van der Waals surface area contributed by atoms with Crippen molar-refractivity contribution < 1.29 is 4.92 Å². The molecule has 1 N–H and O–H groups in total. The second-order valence-electron chi connectivity index (χ2n) is 5.96. The van der Waals surface area contributed by atoms with Crippen LogP contribution in [0.5, 0.6) is 0 Å². The largest absolute Gasteiger partial charge is 0.310 e. The van der Waals surface area contributed by atoms with Crippen LogP contribution in [-0.2, 0) is 6.54 Å². The molecular formula is C15H20ClN3O2. The van der Waals surface area contributed by atoms with Gasteiger partial charge in [-0.05, 0) is 50.9 Å². The first kappa shape index (κ1) is 14.8. The number of piperidine rings is 1. The highest BCUT2D eigenvalue weighted by Gasteiger charge is 2.31. The molecule has 0 spiro atoms. The van der Waals surface area contributed by atoms with Gasteiger partial charge in [0.05, 0.1) is 4.92 Å². The van der Waals surface area contributed by atoms with Gasteiger partial charge in [0.15, 0.2) is 0 Å². The maximum absolute atomic E-state index is 11.1. The summed E-state index contributed by atoms with van der Waals surface area (Å²) in [6.45, 7) is 2.88. The van der Waals surface area contributed by atoms with Gasteiger partial charge in [-0.3, -0.25) is 10.1 Å². The number of rotatable bonds is 4. The van der Waals surface area contributed by atoms with Gasteiger partial charge in [0, 0.05) is 35.3 Å². The van der Waals surface area contributed by atoms with Crippen LogP contribution in [0.4, 0.5) is 5.69 Å². The summed E-state index contributed by atoms with van der Waals surface area (Å²) in [5, 5.41) is 15.1. The summed E-state index contributed by atoms with van der Waals surface area (Å²) in [5.41, 5.74) is 0.812. The molecule has 114 valence electrons. The molecule has 6 heteroatoms. The van der Waals surface area contributed by atoms with Gasteiger partial charge >= 0.3 is 0 Å². The average molecular weight is 310 g/mol. The lowest BCUT2D eigenvalue weighted by atomic mass is 9.97. The fourth-order valence-corrected chi connectivity index (χ4v) is 3.73. The number of hydrogen-bond donors (Lipinski definition) is 1. The summed E-state index contributed by atoms with van der Waals surface area (Å²) in [4.78, 5) is 13.3. The topological polar surface area (TPSA) is 58.4 Å². The Morgan fingerprint density at radius 2 is 2.24 bits per heavy atom. The van der Waals surface area contributed by atoms with Crippen molar-refractivity contribution in [3.05, 3.63) is 38.9 Å². The highest BCUT2D eigenvalue weighted by Crippen LogP contribution is 2.28. The minimum absolute atomic E-state index is 0.144. The fourth-order valence-electron chi connectivity index (χ4n) is 3.54. The van der Waals surface area contributed by atoms with Crippen LogP contribution >= 0.6 is 11.6 Å². The number of hydrogen-bond acceptors (Lipinski definition) is 4. The van der Waals surface area contributed by atoms with Crippen molar-refractivity contribution in [3.63, 3.8) is 0 Å². The predicted molar refractivity (Wildman–Crippen MR) is 82.6 cm³/mol. The van der Waals surface area contributed by atoms with E-state index in [9.17, 15) is 10.1 Å². The molecule has 21 heavy (non-hydrogen) atoms. The van der Waals surface area contributed by atoms with Crippen LogP contribution in [0.1, 0.15) is 31.2 Å². The number of nitrogens with zero attached hydrogens (tertiary/aromatic N) is 2. The molecule has 2 fully saturated rings. The molecule has 1 aromatic rings. The quantitative estimate of drug-likeness (QED) is 0.686. The van der Waals surface area contributed by atoms with Crippen molar-refractivity contribution >= 4 is 17.3 Å². The van der Waals surface area contributed by atoms with Crippen LogP contribution in [0.2, 0.25) is 5.02 Å². The second-order valence-corrected chi connectivity index (χ2v) is 6.40. The SMILES string of the molecule is O=[N+]([O-])c1ccc(Cl)cc1CNC1CCN2CCCC2C1. The fraction of sp³-hybridized carbons (Fsp3) is 0.600. The van der Waals surface area contributed by atoms with Crippen LogP contribution < -0.4 is 5.32 Å². The summed E-state index contributed by atoms with van der Waals surface area (Å²) < 4.78 is 0. The zero-order chi connectivity index (χ0) is 14.8. The van der Waals surface area contributed by atoms with E-state index < -0.39 is 0 Å². The van der Waals surface area contributed by atoms with Crippen molar-refractivity contribution in [2.24, 2.45) is 0 Å². The van der Waals surface area contributed by atoms with Gasteiger partial charge in [0.2, 0.25) is 0 Å². The van der Waals surface area contributed by atoms with E-state index in [2.05, 4.69) is 10.2 Å². The van der Waals surface area contributed by atoms with Crippen LogP contribution in [0.15, 0.2) is 18.2 Å². The maximum Gasteiger partial charge on any atom is 0.273 e. The van der Waals surface area contributed by atoms with E-state index in [0.717, 1.165) is 19.4 Å². The number of benzene rings is 1. The molecule has 5 nitrogen and oxygen atoms in total. The molecule has 2 aliphatic heterocycles. The Hall–Kier alpha value is -1.17. The number of nitrogens with one attached hydrogen (secondary N) is 1. The first-order valence-electron chi connectivity index (χ1n) is 7.54. The van der Waals surface area contributed by atoms with Gasteiger partial charge in [0.1, 0.15) is 0 Å². The van der Waals surface area contributed by atoms with Gasteiger partial charge in [-0.25, -0.2) is 0 Å². The molecule has 2 heterocycles. The Labute approximate surface area is 129 Å². The predicted octanol–water partition coefficient (Wildman–Crippen LogP) is 2.96. The van der Waals surface area contributed by atoms with Crippen LogP contribution in [0, 0.1) is 10.1 Å². The van der Waals surface area contributed by atoms with E-state index in [0.29, 0.717) is 29.2 Å². The summed E-state index contributed by atoms with van der Waals surface area (Å²) in [5.74, 6) is 0. The van der Waals surface area contributed by atoms with Gasteiger partial charge in [-0.15, -0.1) is 0 Å². The third-order valence-corrected chi connectivity index (χ3v) is 4.87. The molecule has 0 bridgehead atoms. The Bertz CT molecular complexity index is 538. The molecule has 2 aliphatic rings. The van der Waals surface area contributed by atoms with Crippen molar-refractivity contribution in [3.8, 4) is 0 Å². The van der Waals surface area contributed by atoms with Crippen molar-refractivity contribution in [1.29, 1.82) is 0 Å². The van der Waals surface area contributed by atoms with E-state index >= 15 is 0 Å². The Morgan fingerprint density at radius 3 is 3.05 bits per heavy atom. The number of fused-ring (bicyclic) bond motifs is 1. The van der Waals surface area contributed by atoms with Crippen molar-refractivity contribution in [2.45, 2.75) is 44.3 Å². The summed E-state index contributed by atoms with van der Waals surface area (Å²) in [6, 6.07) is 5.89. The highest BCUT2D eigenvalue weighted by molar-refractivity contribution is 6.30. The van der Waals surface area contributed by atoms with Gasteiger partial charge < -0.3 is 10.2 Å². The minimum atomic E-state index is -0.340. The normalized spacial score (nSPS) is 25.8. The average Bonchev–Trinajstić information content (AvgIpc) is 2.92. The molecule has 0 saturated carbocycles. The molecule has 1 aromatic carbocycles. The molecule has 0 aromatic heterocycles. The monoisotopic (exact) mass is 309 g/mol. The standard InChI is InChI=1S/C15H20ClN3O2/c16-12-3-4-15(19(20)21)11(8-12)10-17-13-5-7-18-6-1-2-14(18)9-13/h3-4,8,13-14,17H,1-2,5-7,9-10H2. The zero-order valence-corrected chi connectivity index (χ0v) is 12.7. The molecule has 2 saturated heterocycles. The summed E-state index contributed by atoms with van der Waals surface area (Å²) >= 11 is 5.96. The van der Waals surface area contributed by atoms with E-state index in [-0.39, 0.29) is 10.6 Å². The molecule has 0 aliphatic carbocycles. The highest BCUT2D eigenvalue weighted by atomic mass is 35.5. The molecule has 3 rings (SSSR count). The molecule has 0 radical (unpaired) electrons. The first-order valence-corrected chi connectivity index (χ1v) is 7.91. The Balaban J connectivity index is 1.62. The Kier molecular flexibility index (Phi) is 4.42. The van der Waals surface area contributed by atoms with Crippen LogP contribution in [-0.4, -0.2) is 35.0 Å². The molecule has 2 atom stereocenters. The van der Waals surface area contributed by atoms with Crippen LogP contribution in [0.25, 0.3) is 0 Å². The van der Waals surface area contributed by atoms with Gasteiger partial charge in [-0.2, -0.15) is 0 Å². The number of nitro benzene ring substituents is 1. The molecule has 0 amide bonds. The van der Waals surface area contributed by atoms with E-state index in [1.807, 2.05) is 0 Å². The van der Waals surface area contributed by atoms with E-state index in [1.165, 1.54) is 25.5 Å². The van der Waals surface area contributed by atoms with E-state index in [1.54, 1.807) is 12.1 Å². The molecule has 2 unspecified atom stereocenters. The second kappa shape index (κ2) is 6.30. The lowest BCUT2D eigenvalue weighted by Crippen LogP contribution is -2.45. The summed E-state index contributed by atoms with van der Waals surface area (Å²) in [7, 11) is 0. The lowest BCUT2D eigenvalue weighted by molar-refractivity contribution is -0.385. The van der Waals surface area contributed by atoms with Crippen LogP contribution in [0.3, 0.4) is 0 Å². The van der Waals surface area contributed by atoms with Gasteiger partial charge in [-0.1, -0.05) is 11.6 Å². The zero-order valence-electron chi connectivity index (χ0n) is 11.9. The van der Waals surface area contributed by atoms with Crippen molar-refractivity contribution in [1.82, 2.24) is 10.2 Å². The maximum atomic E-state index is 11.1.